The summed E-state index contributed by atoms with van der Waals surface area (Å²) < 4.78 is 42.8. The molecule has 2 N–H and O–H groups in total. The number of hydroxylamine groups is 1. The fraction of sp³-hybridized carbons (Fsp3) is 0.227. The number of ether oxygens (including phenoxy) is 1. The average molecular weight is 465 g/mol. The molecule has 0 fully saturated rings. The van der Waals surface area contributed by atoms with Crippen LogP contribution in [0.25, 0.3) is 5.70 Å². The molecule has 0 bridgehead atoms. The molecule has 2 aromatic carbocycles. The van der Waals surface area contributed by atoms with Gasteiger partial charge in [-0.25, -0.2) is 0 Å². The van der Waals surface area contributed by atoms with E-state index < -0.39 is 23.6 Å². The first-order valence-electron chi connectivity index (χ1n) is 9.44. The Kier molecular flexibility index (Phi) is 9.13. The highest BCUT2D eigenvalue weighted by molar-refractivity contribution is 6.47. The van der Waals surface area contributed by atoms with E-state index in [0.29, 0.717) is 16.7 Å². The normalized spacial score (nSPS) is 11.6. The summed E-state index contributed by atoms with van der Waals surface area (Å²) in [5.41, 5.74) is 3.10. The highest BCUT2D eigenvalue weighted by atomic mass is 19.4. The van der Waals surface area contributed by atoms with E-state index in [9.17, 15) is 22.8 Å². The summed E-state index contributed by atoms with van der Waals surface area (Å²) in [5, 5.41) is 5.85. The lowest BCUT2D eigenvalue weighted by atomic mass is 10.0. The molecule has 0 aliphatic rings. The molecule has 8 nitrogen and oxygen atoms in total. The number of carbonyl (C=O) groups is 2. The van der Waals surface area contributed by atoms with Crippen LogP contribution in [0.2, 0.25) is 0 Å². The van der Waals surface area contributed by atoms with Crippen LogP contribution in [0.15, 0.2) is 60.3 Å². The Bertz CT molecular complexity index is 1020. The quantitative estimate of drug-likeness (QED) is 0.414. The first-order valence-corrected chi connectivity index (χ1v) is 9.44. The topological polar surface area (TPSA) is 98.2 Å². The van der Waals surface area contributed by atoms with E-state index in [2.05, 4.69) is 27.3 Å². The van der Waals surface area contributed by atoms with Gasteiger partial charge in [-0.3, -0.25) is 25.2 Å². The first-order chi connectivity index (χ1) is 15.7. The molecule has 0 radical (unpaired) electrons. The van der Waals surface area contributed by atoms with E-state index in [4.69, 9.17) is 9.68 Å². The number of benzene rings is 2. The van der Waals surface area contributed by atoms with Gasteiger partial charge in [-0.15, -0.1) is 0 Å². The monoisotopic (exact) mass is 465 g/mol. The maximum absolute atomic E-state index is 12.7. The van der Waals surface area contributed by atoms with E-state index in [0.717, 1.165) is 12.1 Å². The minimum absolute atomic E-state index is 0.0716. The van der Waals surface area contributed by atoms with Gasteiger partial charge in [0.2, 0.25) is 0 Å². The Morgan fingerprint density at radius 3 is 2.33 bits per heavy atom. The molecule has 0 aliphatic heterocycles. The molecule has 176 valence electrons. The van der Waals surface area contributed by atoms with Crippen molar-refractivity contribution in [3.05, 3.63) is 77.4 Å². The molecular weight excluding hydrogens is 443 g/mol. The molecule has 2 amide bonds. The summed E-state index contributed by atoms with van der Waals surface area (Å²) in [5.74, 6) is -1.46. The second kappa shape index (κ2) is 11.8. The van der Waals surface area contributed by atoms with Gasteiger partial charge in [0, 0.05) is 12.7 Å². The van der Waals surface area contributed by atoms with Crippen LogP contribution in [-0.4, -0.2) is 38.4 Å². The van der Waals surface area contributed by atoms with Gasteiger partial charge in [0.1, 0.15) is 20.3 Å². The summed E-state index contributed by atoms with van der Waals surface area (Å²) in [7, 11) is 2.56. The van der Waals surface area contributed by atoms with Gasteiger partial charge in [0.25, 0.3) is 11.8 Å². The minimum atomic E-state index is -4.44. The number of hydrogen-bond donors (Lipinski definition) is 2. The Hall–Kier alpha value is -3.70. The van der Waals surface area contributed by atoms with E-state index >= 15 is 0 Å². The second-order valence-corrected chi connectivity index (χ2v) is 6.53. The molecule has 0 aromatic heterocycles. The Labute approximate surface area is 188 Å². The number of amides is 2. The molecule has 0 aliphatic carbocycles. The zero-order valence-corrected chi connectivity index (χ0v) is 17.9. The Balaban J connectivity index is 2.09. The molecule has 33 heavy (non-hydrogen) atoms. The summed E-state index contributed by atoms with van der Waals surface area (Å²) in [6.45, 7) is 3.35. The molecule has 2 aromatic rings. The van der Waals surface area contributed by atoms with Crippen molar-refractivity contribution in [3.63, 3.8) is 0 Å². The van der Waals surface area contributed by atoms with Crippen molar-refractivity contribution in [2.24, 2.45) is 5.16 Å². The van der Waals surface area contributed by atoms with Crippen LogP contribution in [0, 0.1) is 0 Å². The second-order valence-electron chi connectivity index (χ2n) is 6.53. The third-order valence-electron chi connectivity index (χ3n) is 4.18. The zero-order chi connectivity index (χ0) is 24.4. The van der Waals surface area contributed by atoms with Gasteiger partial charge in [-0.2, -0.15) is 13.2 Å². The molecule has 2 rings (SSSR count). The number of nitrogens with zero attached hydrogens (tertiary/aromatic N) is 1. The van der Waals surface area contributed by atoms with Crippen molar-refractivity contribution in [1.29, 1.82) is 0 Å². The first kappa shape index (κ1) is 25.6. The molecule has 0 atom stereocenters. The average Bonchev–Trinajstić information content (AvgIpc) is 2.77. The van der Waals surface area contributed by atoms with Gasteiger partial charge < -0.3 is 9.57 Å². The molecule has 0 heterocycles. The standard InChI is InChI=1S/C22H22F3N3O5/c1-14(15-8-10-17(11-9-15)22(23,24)25)27-33-12-16-6-4-5-7-18(16)20(28-32-3)21(30)26-19(29)13-31-2/h4-11,27H,1,12-13H2,2-3H3,(H,26,29,30). The number of hydrogen-bond acceptors (Lipinski definition) is 7. The van der Waals surface area contributed by atoms with Crippen molar-refractivity contribution < 1.29 is 37.2 Å². The van der Waals surface area contributed by atoms with Gasteiger partial charge in [0.05, 0.1) is 11.3 Å². The number of carbonyl (C=O) groups excluding carboxylic acids is 2. The molecule has 11 heteroatoms. The van der Waals surface area contributed by atoms with Crippen LogP contribution in [0.5, 0.6) is 0 Å². The third-order valence-corrected chi connectivity index (χ3v) is 4.18. The third kappa shape index (κ3) is 7.44. The van der Waals surface area contributed by atoms with E-state index in [1.807, 2.05) is 0 Å². The lowest BCUT2D eigenvalue weighted by Crippen LogP contribution is -2.39. The Morgan fingerprint density at radius 1 is 1.06 bits per heavy atom. The lowest BCUT2D eigenvalue weighted by molar-refractivity contribution is -0.137. The van der Waals surface area contributed by atoms with Crippen LogP contribution in [0.4, 0.5) is 13.2 Å². The largest absolute Gasteiger partial charge is 0.416 e. The van der Waals surface area contributed by atoms with Crippen LogP contribution in [-0.2, 0) is 36.8 Å². The number of oxime groups is 1. The van der Waals surface area contributed by atoms with Crippen molar-refractivity contribution in [2.75, 3.05) is 20.8 Å². The number of methoxy groups -OCH3 is 1. The number of halogens is 3. The van der Waals surface area contributed by atoms with Gasteiger partial charge in [-0.1, -0.05) is 48.1 Å². The van der Waals surface area contributed by atoms with Crippen LogP contribution in [0.3, 0.4) is 0 Å². The van der Waals surface area contributed by atoms with E-state index in [1.165, 1.54) is 26.4 Å². The number of nitrogens with one attached hydrogen (secondary N) is 2. The fourth-order valence-electron chi connectivity index (χ4n) is 2.65. The summed E-state index contributed by atoms with van der Waals surface area (Å²) >= 11 is 0. The van der Waals surface area contributed by atoms with Crippen molar-refractivity contribution in [3.8, 4) is 0 Å². The van der Waals surface area contributed by atoms with Crippen molar-refractivity contribution >= 4 is 23.2 Å². The number of alkyl halides is 3. The van der Waals surface area contributed by atoms with E-state index in [-0.39, 0.29) is 24.6 Å². The molecule has 0 unspecified atom stereocenters. The predicted molar refractivity (Wildman–Crippen MR) is 113 cm³/mol. The fourth-order valence-corrected chi connectivity index (χ4v) is 2.65. The maximum atomic E-state index is 12.7. The zero-order valence-electron chi connectivity index (χ0n) is 17.9. The number of rotatable bonds is 10. The van der Waals surface area contributed by atoms with Gasteiger partial charge in [0.15, 0.2) is 5.71 Å². The van der Waals surface area contributed by atoms with Crippen LogP contribution < -0.4 is 10.8 Å². The summed E-state index contributed by atoms with van der Waals surface area (Å²) in [4.78, 5) is 34.3. The molecule has 0 saturated carbocycles. The minimum Gasteiger partial charge on any atom is -0.398 e. The number of imide groups is 1. The molecular formula is C22H22F3N3O5. The van der Waals surface area contributed by atoms with Crippen molar-refractivity contribution in [2.45, 2.75) is 12.8 Å². The molecule has 0 spiro atoms. The SMILES string of the molecule is C=C(NOCc1ccccc1C(=NOC)C(=O)NC(=O)COC)c1ccc(C(F)(F)F)cc1. The van der Waals surface area contributed by atoms with E-state index in [1.54, 1.807) is 24.3 Å². The van der Waals surface area contributed by atoms with Gasteiger partial charge >= 0.3 is 6.18 Å². The lowest BCUT2D eigenvalue weighted by Gasteiger charge is -2.14. The summed E-state index contributed by atoms with van der Waals surface area (Å²) in [6.07, 6.45) is -4.44. The summed E-state index contributed by atoms with van der Waals surface area (Å²) in [6, 6.07) is 11.0. The molecule has 0 saturated heterocycles. The van der Waals surface area contributed by atoms with Gasteiger partial charge in [-0.05, 0) is 23.3 Å². The highest BCUT2D eigenvalue weighted by Gasteiger charge is 2.30. The highest BCUT2D eigenvalue weighted by Crippen LogP contribution is 2.29. The smallest absolute Gasteiger partial charge is 0.398 e. The van der Waals surface area contributed by atoms with Crippen molar-refractivity contribution in [1.82, 2.24) is 10.8 Å². The predicted octanol–water partition coefficient (Wildman–Crippen LogP) is 3.04. The maximum Gasteiger partial charge on any atom is 0.416 e. The van der Waals surface area contributed by atoms with Crippen LogP contribution >= 0.6 is 0 Å². The van der Waals surface area contributed by atoms with Crippen LogP contribution in [0.1, 0.15) is 22.3 Å². The Morgan fingerprint density at radius 2 is 1.73 bits per heavy atom.